The molecule has 0 saturated heterocycles. The molecule has 1 heterocycles. The second kappa shape index (κ2) is 7.53. The average molecular weight is 307 g/mol. The summed E-state index contributed by atoms with van der Waals surface area (Å²) in [5.41, 5.74) is 2.38. The van der Waals surface area contributed by atoms with Crippen LogP contribution >= 0.6 is 11.6 Å². The Kier molecular flexibility index (Phi) is 5.71. The number of anilines is 1. The topological polar surface area (TPSA) is 28.4 Å². The van der Waals surface area contributed by atoms with Gasteiger partial charge in [0.05, 0.1) is 12.8 Å². The highest BCUT2D eigenvalue weighted by atomic mass is 35.5. The fourth-order valence-corrected chi connectivity index (χ4v) is 2.48. The van der Waals surface area contributed by atoms with Crippen LogP contribution in [0.25, 0.3) is 0 Å². The summed E-state index contributed by atoms with van der Waals surface area (Å²) in [5.74, 6) is 1.59. The van der Waals surface area contributed by atoms with Gasteiger partial charge in [0.2, 0.25) is 0 Å². The van der Waals surface area contributed by atoms with Crippen molar-refractivity contribution < 1.29 is 4.42 Å². The molecule has 2 rings (SSSR count). The van der Waals surface area contributed by atoms with Gasteiger partial charge in [-0.05, 0) is 48.4 Å². The number of furan rings is 1. The summed E-state index contributed by atoms with van der Waals surface area (Å²) in [6.07, 6.45) is 1.70. The molecule has 1 aromatic heterocycles. The zero-order chi connectivity index (χ0) is 15.2. The number of rotatable bonds is 7. The predicted octanol–water partition coefficient (Wildman–Crippen LogP) is 4.32. The van der Waals surface area contributed by atoms with Gasteiger partial charge in [0.25, 0.3) is 0 Å². The molecule has 0 atom stereocenters. The van der Waals surface area contributed by atoms with Crippen molar-refractivity contribution in [1.29, 1.82) is 0 Å². The summed E-state index contributed by atoms with van der Waals surface area (Å²) in [4.78, 5) is 2.18. The van der Waals surface area contributed by atoms with Gasteiger partial charge >= 0.3 is 0 Å². The molecule has 0 aliphatic rings. The molecule has 0 unspecified atom stereocenters. The lowest BCUT2D eigenvalue weighted by Gasteiger charge is -2.22. The Morgan fingerprint density at radius 3 is 2.76 bits per heavy atom. The molecule has 1 aromatic carbocycles. The van der Waals surface area contributed by atoms with Crippen LogP contribution < -0.4 is 10.2 Å². The average Bonchev–Trinajstić information content (AvgIpc) is 2.91. The van der Waals surface area contributed by atoms with Crippen molar-refractivity contribution in [1.82, 2.24) is 5.32 Å². The minimum atomic E-state index is 0.633. The van der Waals surface area contributed by atoms with E-state index in [4.69, 9.17) is 16.0 Å². The normalized spacial score (nSPS) is 11.1. The maximum absolute atomic E-state index is 6.14. The Hall–Kier alpha value is -1.45. The molecule has 21 heavy (non-hydrogen) atoms. The smallest absolute Gasteiger partial charge is 0.123 e. The van der Waals surface area contributed by atoms with E-state index < -0.39 is 0 Å². The summed E-state index contributed by atoms with van der Waals surface area (Å²) in [7, 11) is 2.07. The monoisotopic (exact) mass is 306 g/mol. The minimum absolute atomic E-state index is 0.633. The highest BCUT2D eigenvalue weighted by Crippen LogP contribution is 2.25. The van der Waals surface area contributed by atoms with Gasteiger partial charge in [-0.25, -0.2) is 0 Å². The molecule has 0 radical (unpaired) electrons. The molecular weight excluding hydrogens is 284 g/mol. The second-order valence-corrected chi connectivity index (χ2v) is 6.17. The fraction of sp³-hybridized carbons (Fsp3) is 0.412. The van der Waals surface area contributed by atoms with Crippen LogP contribution in [0.1, 0.15) is 25.2 Å². The van der Waals surface area contributed by atoms with Crippen LogP contribution in [0.3, 0.4) is 0 Å². The maximum atomic E-state index is 6.14. The van der Waals surface area contributed by atoms with E-state index in [1.807, 2.05) is 24.3 Å². The first kappa shape index (κ1) is 15.9. The lowest BCUT2D eigenvalue weighted by molar-refractivity contribution is 0.507. The third kappa shape index (κ3) is 4.80. The summed E-state index contributed by atoms with van der Waals surface area (Å²) >= 11 is 6.14. The Morgan fingerprint density at radius 2 is 2.10 bits per heavy atom. The molecule has 0 aliphatic heterocycles. The van der Waals surface area contributed by atoms with Crippen LogP contribution in [-0.2, 0) is 13.1 Å². The SMILES string of the molecule is CC(C)CNCc1cc(Cl)ccc1N(C)Cc1ccco1. The second-order valence-electron chi connectivity index (χ2n) is 5.73. The van der Waals surface area contributed by atoms with Gasteiger partial charge in [0, 0.05) is 24.3 Å². The lowest BCUT2D eigenvalue weighted by atomic mass is 10.1. The highest BCUT2D eigenvalue weighted by molar-refractivity contribution is 6.30. The number of halogens is 1. The van der Waals surface area contributed by atoms with Gasteiger partial charge in [-0.15, -0.1) is 0 Å². The van der Waals surface area contributed by atoms with Crippen LogP contribution in [0.15, 0.2) is 41.0 Å². The van der Waals surface area contributed by atoms with Crippen molar-refractivity contribution in [2.75, 3.05) is 18.5 Å². The first-order valence-corrected chi connectivity index (χ1v) is 7.66. The molecular formula is C17H23ClN2O. The van der Waals surface area contributed by atoms with E-state index in [1.165, 1.54) is 11.3 Å². The molecule has 0 bridgehead atoms. The number of hydrogen-bond donors (Lipinski definition) is 1. The number of nitrogens with one attached hydrogen (secondary N) is 1. The molecule has 1 N–H and O–H groups in total. The van der Waals surface area contributed by atoms with Crippen LogP contribution in [0.2, 0.25) is 5.02 Å². The quantitative estimate of drug-likeness (QED) is 0.826. The van der Waals surface area contributed by atoms with Crippen molar-refractivity contribution in [3.63, 3.8) is 0 Å². The summed E-state index contributed by atoms with van der Waals surface area (Å²) in [6, 6.07) is 9.93. The zero-order valence-electron chi connectivity index (χ0n) is 12.9. The maximum Gasteiger partial charge on any atom is 0.123 e. The van der Waals surface area contributed by atoms with Crippen LogP contribution in [0, 0.1) is 5.92 Å². The standard InChI is InChI=1S/C17H23ClN2O/c1-13(2)10-19-11-14-9-15(18)6-7-17(14)20(3)12-16-5-4-8-21-16/h4-9,13,19H,10-12H2,1-3H3. The first-order chi connectivity index (χ1) is 10.1. The Bertz CT molecular complexity index is 552. The molecule has 0 saturated carbocycles. The van der Waals surface area contributed by atoms with Crippen molar-refractivity contribution in [3.05, 3.63) is 52.9 Å². The molecule has 0 aliphatic carbocycles. The van der Waals surface area contributed by atoms with Gasteiger partial charge < -0.3 is 14.6 Å². The molecule has 4 heteroatoms. The molecule has 3 nitrogen and oxygen atoms in total. The highest BCUT2D eigenvalue weighted by Gasteiger charge is 2.10. The third-order valence-corrected chi connectivity index (χ3v) is 3.53. The van der Waals surface area contributed by atoms with Crippen molar-refractivity contribution in [2.45, 2.75) is 26.9 Å². The first-order valence-electron chi connectivity index (χ1n) is 7.29. The Labute approximate surface area is 131 Å². The summed E-state index contributed by atoms with van der Waals surface area (Å²) in [6.45, 7) is 6.96. The van der Waals surface area contributed by atoms with Gasteiger partial charge in [-0.1, -0.05) is 25.4 Å². The van der Waals surface area contributed by atoms with Gasteiger partial charge in [-0.2, -0.15) is 0 Å². The van der Waals surface area contributed by atoms with E-state index in [9.17, 15) is 0 Å². The van der Waals surface area contributed by atoms with E-state index in [1.54, 1.807) is 6.26 Å². The van der Waals surface area contributed by atoms with Gasteiger partial charge in [0.1, 0.15) is 5.76 Å². The Balaban J connectivity index is 2.09. The molecule has 2 aromatic rings. The van der Waals surface area contributed by atoms with Crippen molar-refractivity contribution >= 4 is 17.3 Å². The van der Waals surface area contributed by atoms with Crippen LogP contribution in [0.5, 0.6) is 0 Å². The molecule has 0 fully saturated rings. The zero-order valence-corrected chi connectivity index (χ0v) is 13.7. The number of benzene rings is 1. The van der Waals surface area contributed by atoms with Crippen molar-refractivity contribution in [3.8, 4) is 0 Å². The predicted molar refractivity (Wildman–Crippen MR) is 88.8 cm³/mol. The third-order valence-electron chi connectivity index (χ3n) is 3.29. The summed E-state index contributed by atoms with van der Waals surface area (Å²) < 4.78 is 5.42. The van der Waals surface area contributed by atoms with E-state index in [-0.39, 0.29) is 0 Å². The minimum Gasteiger partial charge on any atom is -0.467 e. The van der Waals surface area contributed by atoms with Crippen LogP contribution in [-0.4, -0.2) is 13.6 Å². The number of hydrogen-bond acceptors (Lipinski definition) is 3. The van der Waals surface area contributed by atoms with E-state index in [0.29, 0.717) is 5.92 Å². The lowest BCUT2D eigenvalue weighted by Crippen LogP contribution is -2.22. The Morgan fingerprint density at radius 1 is 1.29 bits per heavy atom. The van der Waals surface area contributed by atoms with Crippen molar-refractivity contribution in [2.24, 2.45) is 5.92 Å². The van der Waals surface area contributed by atoms with Gasteiger partial charge in [0.15, 0.2) is 0 Å². The van der Waals surface area contributed by atoms with E-state index >= 15 is 0 Å². The fourth-order valence-electron chi connectivity index (χ4n) is 2.29. The van der Waals surface area contributed by atoms with E-state index in [0.717, 1.165) is 30.4 Å². The molecule has 0 amide bonds. The van der Waals surface area contributed by atoms with Gasteiger partial charge in [-0.3, -0.25) is 0 Å². The van der Waals surface area contributed by atoms with E-state index in [2.05, 4.69) is 37.2 Å². The number of nitrogens with zero attached hydrogens (tertiary/aromatic N) is 1. The molecule has 0 spiro atoms. The van der Waals surface area contributed by atoms with Crippen LogP contribution in [0.4, 0.5) is 5.69 Å². The largest absolute Gasteiger partial charge is 0.467 e. The molecule has 114 valence electrons. The summed E-state index contributed by atoms with van der Waals surface area (Å²) in [5, 5.41) is 4.24.